The maximum Gasteiger partial charge on any atom is 0.320 e. The Balaban J connectivity index is 1.96. The Labute approximate surface area is 101 Å². The lowest BCUT2D eigenvalue weighted by atomic mass is 10.0. The van der Waals surface area contributed by atoms with Crippen LogP contribution in [0, 0.1) is 11.3 Å². The van der Waals surface area contributed by atoms with E-state index in [1.807, 2.05) is 30.3 Å². The zero-order valence-corrected chi connectivity index (χ0v) is 9.57. The Kier molecular flexibility index (Phi) is 3.29. The van der Waals surface area contributed by atoms with Gasteiger partial charge in [0.25, 0.3) is 0 Å². The molecule has 0 radical (unpaired) electrons. The summed E-state index contributed by atoms with van der Waals surface area (Å²) in [6.45, 7) is 0. The molecule has 0 bridgehead atoms. The maximum absolute atomic E-state index is 11.8. The van der Waals surface area contributed by atoms with E-state index in [2.05, 4.69) is 16.7 Å². The molecular formula is C13H15N3O. The van der Waals surface area contributed by atoms with Crippen LogP contribution in [0.1, 0.15) is 25.7 Å². The largest absolute Gasteiger partial charge is 0.320 e. The lowest BCUT2D eigenvalue weighted by Gasteiger charge is -2.22. The molecule has 0 aliphatic heterocycles. The van der Waals surface area contributed by atoms with E-state index in [9.17, 15) is 4.79 Å². The van der Waals surface area contributed by atoms with Crippen molar-refractivity contribution >= 4 is 11.7 Å². The van der Waals surface area contributed by atoms with Crippen LogP contribution in [-0.2, 0) is 0 Å². The molecule has 1 aromatic carbocycles. The highest BCUT2D eigenvalue weighted by molar-refractivity contribution is 5.90. The van der Waals surface area contributed by atoms with Crippen LogP contribution in [0.25, 0.3) is 0 Å². The van der Waals surface area contributed by atoms with Gasteiger partial charge < -0.3 is 10.6 Å². The first-order chi connectivity index (χ1) is 8.24. The van der Waals surface area contributed by atoms with Crippen LogP contribution in [0.4, 0.5) is 10.5 Å². The first-order valence-electron chi connectivity index (χ1n) is 5.80. The SMILES string of the molecule is N#CC1(NC(=O)Nc2ccccc2)CCCC1. The predicted molar refractivity (Wildman–Crippen MR) is 65.4 cm³/mol. The molecular weight excluding hydrogens is 214 g/mol. The fourth-order valence-electron chi connectivity index (χ4n) is 2.14. The number of nitriles is 1. The highest BCUT2D eigenvalue weighted by Gasteiger charge is 2.35. The number of urea groups is 1. The Hall–Kier alpha value is -2.02. The number of nitrogens with one attached hydrogen (secondary N) is 2. The number of hydrogen-bond acceptors (Lipinski definition) is 2. The minimum Gasteiger partial charge on any atom is -0.319 e. The Morgan fingerprint density at radius 3 is 2.47 bits per heavy atom. The van der Waals surface area contributed by atoms with Crippen molar-refractivity contribution in [1.29, 1.82) is 5.26 Å². The summed E-state index contributed by atoms with van der Waals surface area (Å²) in [4.78, 5) is 11.8. The van der Waals surface area contributed by atoms with Crippen molar-refractivity contribution in [2.75, 3.05) is 5.32 Å². The second-order valence-corrected chi connectivity index (χ2v) is 4.35. The highest BCUT2D eigenvalue weighted by Crippen LogP contribution is 2.28. The van der Waals surface area contributed by atoms with Crippen LogP contribution in [0.5, 0.6) is 0 Å². The van der Waals surface area contributed by atoms with Gasteiger partial charge in [0.1, 0.15) is 5.54 Å². The van der Waals surface area contributed by atoms with Gasteiger partial charge >= 0.3 is 6.03 Å². The minimum absolute atomic E-state index is 0.306. The van der Waals surface area contributed by atoms with Gasteiger partial charge in [0.2, 0.25) is 0 Å². The standard InChI is InChI=1S/C13H15N3O/c14-10-13(8-4-5-9-13)16-12(17)15-11-6-2-1-3-7-11/h1-3,6-7H,4-5,8-9H2,(H2,15,16,17). The summed E-state index contributed by atoms with van der Waals surface area (Å²) >= 11 is 0. The van der Waals surface area contributed by atoms with Gasteiger partial charge in [-0.05, 0) is 37.8 Å². The van der Waals surface area contributed by atoms with Crippen LogP contribution in [-0.4, -0.2) is 11.6 Å². The van der Waals surface area contributed by atoms with E-state index in [0.29, 0.717) is 0 Å². The second kappa shape index (κ2) is 4.88. The quantitative estimate of drug-likeness (QED) is 0.818. The van der Waals surface area contributed by atoms with E-state index in [-0.39, 0.29) is 6.03 Å². The molecule has 1 aliphatic carbocycles. The first kappa shape index (κ1) is 11.5. The molecule has 4 nitrogen and oxygen atoms in total. The lowest BCUT2D eigenvalue weighted by molar-refractivity contribution is 0.244. The van der Waals surface area contributed by atoms with Gasteiger partial charge in [-0.15, -0.1) is 0 Å². The van der Waals surface area contributed by atoms with Crippen LogP contribution in [0.2, 0.25) is 0 Å². The van der Waals surface area contributed by atoms with Gasteiger partial charge in [0, 0.05) is 5.69 Å². The fraction of sp³-hybridized carbons (Fsp3) is 0.385. The van der Waals surface area contributed by atoms with Gasteiger partial charge in [-0.25, -0.2) is 4.79 Å². The molecule has 0 atom stereocenters. The van der Waals surface area contributed by atoms with Crippen LogP contribution in [0.3, 0.4) is 0 Å². The van der Waals surface area contributed by atoms with Crippen molar-refractivity contribution in [1.82, 2.24) is 5.32 Å². The molecule has 1 aliphatic rings. The third-order valence-electron chi connectivity index (χ3n) is 3.06. The number of rotatable bonds is 2. The van der Waals surface area contributed by atoms with Crippen molar-refractivity contribution in [3.63, 3.8) is 0 Å². The zero-order chi connectivity index (χ0) is 12.1. The molecule has 0 aromatic heterocycles. The predicted octanol–water partition coefficient (Wildman–Crippen LogP) is 2.64. The summed E-state index contributed by atoms with van der Waals surface area (Å²) in [6.07, 6.45) is 3.48. The zero-order valence-electron chi connectivity index (χ0n) is 9.57. The van der Waals surface area contributed by atoms with Crippen molar-refractivity contribution in [3.05, 3.63) is 30.3 Å². The molecule has 2 rings (SSSR count). The normalized spacial score (nSPS) is 17.1. The van der Waals surface area contributed by atoms with Crippen molar-refractivity contribution in [2.45, 2.75) is 31.2 Å². The molecule has 17 heavy (non-hydrogen) atoms. The van der Waals surface area contributed by atoms with Crippen molar-refractivity contribution in [3.8, 4) is 6.07 Å². The lowest BCUT2D eigenvalue weighted by Crippen LogP contribution is -2.47. The van der Waals surface area contributed by atoms with E-state index in [4.69, 9.17) is 5.26 Å². The third-order valence-corrected chi connectivity index (χ3v) is 3.06. The number of para-hydroxylation sites is 1. The monoisotopic (exact) mass is 229 g/mol. The topological polar surface area (TPSA) is 64.9 Å². The molecule has 2 N–H and O–H groups in total. The van der Waals surface area contributed by atoms with E-state index >= 15 is 0 Å². The smallest absolute Gasteiger partial charge is 0.319 e. The molecule has 1 aromatic rings. The number of anilines is 1. The minimum atomic E-state index is -0.668. The van der Waals surface area contributed by atoms with E-state index < -0.39 is 5.54 Å². The summed E-state index contributed by atoms with van der Waals surface area (Å²) < 4.78 is 0. The maximum atomic E-state index is 11.8. The summed E-state index contributed by atoms with van der Waals surface area (Å²) in [7, 11) is 0. The molecule has 0 heterocycles. The summed E-state index contributed by atoms with van der Waals surface area (Å²) in [5.41, 5.74) is 0.0647. The Bertz CT molecular complexity index is 430. The van der Waals surface area contributed by atoms with Gasteiger partial charge in [-0.3, -0.25) is 0 Å². The van der Waals surface area contributed by atoms with E-state index in [1.165, 1.54) is 0 Å². The highest BCUT2D eigenvalue weighted by atomic mass is 16.2. The van der Waals surface area contributed by atoms with Gasteiger partial charge in [0.05, 0.1) is 6.07 Å². The average Bonchev–Trinajstić information content (AvgIpc) is 2.79. The summed E-state index contributed by atoms with van der Waals surface area (Å²) in [5, 5.41) is 14.6. The molecule has 0 unspecified atom stereocenters. The van der Waals surface area contributed by atoms with Gasteiger partial charge in [0.15, 0.2) is 0 Å². The number of hydrogen-bond donors (Lipinski definition) is 2. The van der Waals surface area contributed by atoms with Crippen LogP contribution >= 0.6 is 0 Å². The van der Waals surface area contributed by atoms with Crippen LogP contribution < -0.4 is 10.6 Å². The van der Waals surface area contributed by atoms with E-state index in [0.717, 1.165) is 31.4 Å². The molecule has 0 spiro atoms. The van der Waals surface area contributed by atoms with Crippen LogP contribution in [0.15, 0.2) is 30.3 Å². The molecule has 2 amide bonds. The molecule has 1 saturated carbocycles. The van der Waals surface area contributed by atoms with E-state index in [1.54, 1.807) is 0 Å². The summed E-state index contributed by atoms with van der Waals surface area (Å²) in [6, 6.07) is 11.1. The average molecular weight is 229 g/mol. The number of benzene rings is 1. The molecule has 0 saturated heterocycles. The molecule has 4 heteroatoms. The third kappa shape index (κ3) is 2.76. The number of amides is 2. The number of nitrogens with zero attached hydrogens (tertiary/aromatic N) is 1. The number of carbonyl (C=O) groups is 1. The number of carbonyl (C=O) groups excluding carboxylic acids is 1. The van der Waals surface area contributed by atoms with Gasteiger partial charge in [-0.1, -0.05) is 18.2 Å². The Morgan fingerprint density at radius 1 is 1.24 bits per heavy atom. The van der Waals surface area contributed by atoms with Crippen molar-refractivity contribution < 1.29 is 4.79 Å². The first-order valence-corrected chi connectivity index (χ1v) is 5.80. The molecule has 88 valence electrons. The van der Waals surface area contributed by atoms with Gasteiger partial charge in [-0.2, -0.15) is 5.26 Å². The summed E-state index contributed by atoms with van der Waals surface area (Å²) in [5.74, 6) is 0. The fourth-order valence-corrected chi connectivity index (χ4v) is 2.14. The second-order valence-electron chi connectivity index (χ2n) is 4.35. The van der Waals surface area contributed by atoms with Crippen molar-refractivity contribution in [2.24, 2.45) is 0 Å². The molecule has 1 fully saturated rings. The Morgan fingerprint density at radius 2 is 1.88 bits per heavy atom.